The standard InChI is InChI=1S/C10H11ClN2O2S3/c1-13(6-4-9-12-5-7-16-9)18(14,15)10-3-2-8(11)17-10/h2-3,5,7H,4,6H2,1H3. The molecule has 2 heterocycles. The number of likely N-dealkylation sites (N-methyl/N-ethyl adjacent to an activating group) is 1. The van der Waals surface area contributed by atoms with Crippen LogP contribution in [0.5, 0.6) is 0 Å². The monoisotopic (exact) mass is 322 g/mol. The number of thiophene rings is 1. The molecule has 2 rings (SSSR count). The van der Waals surface area contributed by atoms with Crippen molar-refractivity contribution in [2.45, 2.75) is 10.6 Å². The fourth-order valence-electron chi connectivity index (χ4n) is 1.34. The molecule has 18 heavy (non-hydrogen) atoms. The molecule has 8 heteroatoms. The summed E-state index contributed by atoms with van der Waals surface area (Å²) in [5.74, 6) is 0. The molecule has 0 aliphatic heterocycles. The average molecular weight is 323 g/mol. The highest BCUT2D eigenvalue weighted by molar-refractivity contribution is 7.91. The summed E-state index contributed by atoms with van der Waals surface area (Å²) in [4.78, 5) is 4.13. The molecule has 2 aromatic heterocycles. The van der Waals surface area contributed by atoms with Gasteiger partial charge in [-0.15, -0.1) is 22.7 Å². The van der Waals surface area contributed by atoms with E-state index in [2.05, 4.69) is 4.98 Å². The van der Waals surface area contributed by atoms with E-state index in [-0.39, 0.29) is 4.21 Å². The van der Waals surface area contributed by atoms with E-state index in [0.717, 1.165) is 16.3 Å². The minimum atomic E-state index is -3.43. The van der Waals surface area contributed by atoms with Gasteiger partial charge in [-0.3, -0.25) is 0 Å². The lowest BCUT2D eigenvalue weighted by Gasteiger charge is -2.14. The average Bonchev–Trinajstić information content (AvgIpc) is 2.96. The Labute approximate surface area is 119 Å². The van der Waals surface area contributed by atoms with Gasteiger partial charge in [-0.25, -0.2) is 13.4 Å². The van der Waals surface area contributed by atoms with E-state index in [1.807, 2.05) is 5.38 Å². The molecule has 2 aromatic rings. The highest BCUT2D eigenvalue weighted by atomic mass is 35.5. The zero-order valence-electron chi connectivity index (χ0n) is 9.54. The van der Waals surface area contributed by atoms with Gasteiger partial charge in [-0.05, 0) is 12.1 Å². The van der Waals surface area contributed by atoms with Crippen molar-refractivity contribution >= 4 is 44.3 Å². The molecule has 0 unspecified atom stereocenters. The maximum absolute atomic E-state index is 12.2. The summed E-state index contributed by atoms with van der Waals surface area (Å²) in [5.41, 5.74) is 0. The third kappa shape index (κ3) is 3.10. The molecule has 0 saturated heterocycles. The van der Waals surface area contributed by atoms with Crippen LogP contribution in [0.15, 0.2) is 27.9 Å². The van der Waals surface area contributed by atoms with Gasteiger partial charge in [0.15, 0.2) is 0 Å². The van der Waals surface area contributed by atoms with E-state index >= 15 is 0 Å². The van der Waals surface area contributed by atoms with E-state index < -0.39 is 10.0 Å². The Morgan fingerprint density at radius 3 is 2.78 bits per heavy atom. The summed E-state index contributed by atoms with van der Waals surface area (Å²) < 4.78 is 26.4. The van der Waals surface area contributed by atoms with Gasteiger partial charge in [-0.1, -0.05) is 11.6 Å². The Hall–Kier alpha value is -0.470. The van der Waals surface area contributed by atoms with Crippen molar-refractivity contribution in [1.82, 2.24) is 9.29 Å². The van der Waals surface area contributed by atoms with Gasteiger partial charge < -0.3 is 0 Å². The predicted molar refractivity (Wildman–Crippen MR) is 75.0 cm³/mol. The van der Waals surface area contributed by atoms with Gasteiger partial charge in [0.25, 0.3) is 10.0 Å². The molecule has 0 atom stereocenters. The number of thiazole rings is 1. The van der Waals surface area contributed by atoms with Crippen molar-refractivity contribution in [3.63, 3.8) is 0 Å². The first kappa shape index (κ1) is 14.0. The predicted octanol–water partition coefficient (Wildman–Crippen LogP) is 2.72. The van der Waals surface area contributed by atoms with Crippen LogP contribution in [0.1, 0.15) is 5.01 Å². The van der Waals surface area contributed by atoms with Crippen LogP contribution in [0.2, 0.25) is 4.34 Å². The summed E-state index contributed by atoms with van der Waals surface area (Å²) in [6.07, 6.45) is 2.33. The SMILES string of the molecule is CN(CCc1nccs1)S(=O)(=O)c1ccc(Cl)s1. The lowest BCUT2D eigenvalue weighted by atomic mass is 10.4. The molecule has 0 fully saturated rings. The zero-order chi connectivity index (χ0) is 13.2. The molecule has 98 valence electrons. The van der Waals surface area contributed by atoms with Crippen LogP contribution >= 0.6 is 34.3 Å². The highest BCUT2D eigenvalue weighted by Crippen LogP contribution is 2.27. The van der Waals surface area contributed by atoms with Gasteiger partial charge in [0, 0.05) is 31.6 Å². The van der Waals surface area contributed by atoms with Crippen LogP contribution in [0.3, 0.4) is 0 Å². The quantitative estimate of drug-likeness (QED) is 0.850. The van der Waals surface area contributed by atoms with Crippen molar-refractivity contribution in [2.75, 3.05) is 13.6 Å². The van der Waals surface area contributed by atoms with Crippen molar-refractivity contribution in [2.24, 2.45) is 0 Å². The van der Waals surface area contributed by atoms with E-state index in [1.165, 1.54) is 21.7 Å². The van der Waals surface area contributed by atoms with Crippen LogP contribution in [-0.2, 0) is 16.4 Å². The first-order valence-electron chi connectivity index (χ1n) is 5.10. The lowest BCUT2D eigenvalue weighted by molar-refractivity contribution is 0.474. The molecular formula is C10H11ClN2O2S3. The minimum absolute atomic E-state index is 0.272. The second kappa shape index (κ2) is 5.66. The van der Waals surface area contributed by atoms with Crippen LogP contribution < -0.4 is 0 Å². The summed E-state index contributed by atoms with van der Waals surface area (Å²) in [6.45, 7) is 0.408. The Bertz CT molecular complexity index is 607. The zero-order valence-corrected chi connectivity index (χ0v) is 12.7. The first-order chi connectivity index (χ1) is 8.50. The van der Waals surface area contributed by atoms with Crippen molar-refractivity contribution in [3.8, 4) is 0 Å². The van der Waals surface area contributed by atoms with E-state index in [0.29, 0.717) is 17.3 Å². The Balaban J connectivity index is 2.06. The maximum atomic E-state index is 12.2. The van der Waals surface area contributed by atoms with Crippen molar-refractivity contribution < 1.29 is 8.42 Å². The molecule has 0 radical (unpaired) electrons. The van der Waals surface area contributed by atoms with Crippen LogP contribution in [0.4, 0.5) is 0 Å². The largest absolute Gasteiger partial charge is 0.252 e. The number of sulfonamides is 1. The van der Waals surface area contributed by atoms with Gasteiger partial charge in [-0.2, -0.15) is 4.31 Å². The molecule has 0 bridgehead atoms. The summed E-state index contributed by atoms with van der Waals surface area (Å²) >= 11 is 8.35. The lowest BCUT2D eigenvalue weighted by Crippen LogP contribution is -2.28. The van der Waals surface area contributed by atoms with Gasteiger partial charge >= 0.3 is 0 Å². The third-order valence-corrected chi connectivity index (χ3v) is 6.73. The van der Waals surface area contributed by atoms with Crippen LogP contribution in [0, 0.1) is 0 Å². The van der Waals surface area contributed by atoms with E-state index in [4.69, 9.17) is 11.6 Å². The fourth-order valence-corrected chi connectivity index (χ4v) is 4.81. The van der Waals surface area contributed by atoms with Gasteiger partial charge in [0.1, 0.15) is 4.21 Å². The first-order valence-corrected chi connectivity index (χ1v) is 8.61. The fraction of sp³-hybridized carbons (Fsp3) is 0.300. The normalized spacial score (nSPS) is 12.2. The van der Waals surface area contributed by atoms with Crippen molar-refractivity contribution in [3.05, 3.63) is 33.1 Å². The minimum Gasteiger partial charge on any atom is -0.250 e. The number of aromatic nitrogens is 1. The van der Waals surface area contributed by atoms with Gasteiger partial charge in [0.05, 0.1) is 9.34 Å². The highest BCUT2D eigenvalue weighted by Gasteiger charge is 2.22. The number of hydrogen-bond acceptors (Lipinski definition) is 5. The smallest absolute Gasteiger partial charge is 0.250 e. The molecule has 0 spiro atoms. The number of hydrogen-bond donors (Lipinski definition) is 0. The Kier molecular flexibility index (Phi) is 4.39. The third-order valence-electron chi connectivity index (χ3n) is 2.34. The number of rotatable bonds is 5. The van der Waals surface area contributed by atoms with Gasteiger partial charge in [0.2, 0.25) is 0 Å². The topological polar surface area (TPSA) is 50.3 Å². The van der Waals surface area contributed by atoms with E-state index in [1.54, 1.807) is 19.3 Å². The van der Waals surface area contributed by atoms with Crippen LogP contribution in [0.25, 0.3) is 0 Å². The van der Waals surface area contributed by atoms with Crippen LogP contribution in [-0.4, -0.2) is 31.3 Å². The summed E-state index contributed by atoms with van der Waals surface area (Å²) in [5, 5.41) is 2.81. The van der Waals surface area contributed by atoms with Crippen molar-refractivity contribution in [1.29, 1.82) is 0 Å². The molecule has 0 aromatic carbocycles. The number of nitrogens with zero attached hydrogens (tertiary/aromatic N) is 2. The summed E-state index contributed by atoms with van der Waals surface area (Å²) in [7, 11) is -1.86. The molecule has 0 N–H and O–H groups in total. The number of halogens is 1. The molecular weight excluding hydrogens is 312 g/mol. The molecule has 0 saturated carbocycles. The molecule has 0 amide bonds. The molecule has 4 nitrogen and oxygen atoms in total. The van der Waals surface area contributed by atoms with E-state index in [9.17, 15) is 8.42 Å². The maximum Gasteiger partial charge on any atom is 0.252 e. The molecule has 0 aliphatic rings. The Morgan fingerprint density at radius 2 is 2.22 bits per heavy atom. The molecule has 0 aliphatic carbocycles. The second-order valence-corrected chi connectivity index (χ2v) is 8.53. The Morgan fingerprint density at radius 1 is 1.44 bits per heavy atom. The second-order valence-electron chi connectivity index (χ2n) is 3.56. The summed E-state index contributed by atoms with van der Waals surface area (Å²) in [6, 6.07) is 3.12.